The van der Waals surface area contributed by atoms with Gasteiger partial charge >= 0.3 is 12.5 Å². The Morgan fingerprint density at radius 2 is 1.76 bits per heavy atom. The number of ether oxygens (including phenoxy) is 1. The minimum Gasteiger partial charge on any atom is -0.263 e. The molecule has 1 heterocycles. The van der Waals surface area contributed by atoms with E-state index < -0.39 is 30.3 Å². The molecule has 0 aliphatic heterocycles. The maximum Gasteiger partial charge on any atom is 0.525 e. The second-order valence-electron chi connectivity index (χ2n) is 2.96. The molecule has 0 N–H and O–H groups in total. The molecule has 0 saturated carbocycles. The van der Waals surface area contributed by atoms with E-state index in [-0.39, 0.29) is 10.7 Å². The summed E-state index contributed by atoms with van der Waals surface area (Å²) in [7, 11) is 0.826. The average Bonchev–Trinajstić information content (AvgIpc) is 2.42. The molecule has 1 aromatic heterocycles. The summed E-state index contributed by atoms with van der Waals surface area (Å²) in [6.45, 7) is 0. The molecule has 0 radical (unpaired) electrons. The van der Waals surface area contributed by atoms with Gasteiger partial charge in [0.2, 0.25) is 0 Å². The molecule has 0 saturated heterocycles. The molecule has 0 spiro atoms. The largest absolute Gasteiger partial charge is 0.525 e. The molecular weight excluding hydrogens is 261 g/mol. The van der Waals surface area contributed by atoms with Gasteiger partial charge in [0, 0.05) is 7.05 Å². The number of hydrogen-bond acceptors (Lipinski definition) is 2. The van der Waals surface area contributed by atoms with E-state index in [0.717, 1.165) is 7.05 Å². The van der Waals surface area contributed by atoms with Gasteiger partial charge in [0.1, 0.15) is 11.4 Å². The van der Waals surface area contributed by atoms with Crippen molar-refractivity contribution in [3.63, 3.8) is 0 Å². The van der Waals surface area contributed by atoms with E-state index in [1.54, 1.807) is 0 Å². The van der Waals surface area contributed by atoms with Crippen LogP contribution in [0.3, 0.4) is 0 Å². The van der Waals surface area contributed by atoms with Crippen molar-refractivity contribution in [2.45, 2.75) is 18.9 Å². The zero-order valence-electron chi connectivity index (χ0n) is 8.10. The molecule has 0 aromatic carbocycles. The highest BCUT2D eigenvalue weighted by molar-refractivity contribution is 5.14. The van der Waals surface area contributed by atoms with Crippen molar-refractivity contribution in [2.75, 3.05) is 0 Å². The highest BCUT2D eigenvalue weighted by Gasteiger charge is 2.39. The van der Waals surface area contributed by atoms with Crippen LogP contribution in [0.4, 0.5) is 30.7 Å². The number of hydrogen-bond donors (Lipinski definition) is 0. The van der Waals surface area contributed by atoms with Gasteiger partial charge in [-0.1, -0.05) is 0 Å². The second-order valence-corrected chi connectivity index (χ2v) is 2.96. The van der Waals surface area contributed by atoms with Crippen molar-refractivity contribution in [3.05, 3.63) is 17.5 Å². The molecule has 1 unspecified atom stereocenters. The third kappa shape index (κ3) is 3.58. The van der Waals surface area contributed by atoms with E-state index in [2.05, 4.69) is 9.84 Å². The summed E-state index contributed by atoms with van der Waals surface area (Å²) in [4.78, 5) is 0. The normalized spacial score (nSPS) is 15.1. The summed E-state index contributed by atoms with van der Waals surface area (Å²) < 4.78 is 87.4. The number of aryl methyl sites for hydroxylation is 1. The summed E-state index contributed by atoms with van der Waals surface area (Å²) >= 11 is 0. The summed E-state index contributed by atoms with van der Waals surface area (Å²) in [5.74, 6) is 0. The summed E-state index contributed by atoms with van der Waals surface area (Å²) in [6, 6.07) is 0.149. The van der Waals surface area contributed by atoms with Crippen LogP contribution in [0, 0.1) is 0 Å². The Bertz CT molecular complexity index is 394. The molecular formula is C7H5F7N2O. The van der Waals surface area contributed by atoms with Crippen LogP contribution in [-0.2, 0) is 18.0 Å². The third-order valence-electron chi connectivity index (χ3n) is 1.66. The minimum absolute atomic E-state index is 0.149. The van der Waals surface area contributed by atoms with Crippen molar-refractivity contribution in [2.24, 2.45) is 7.05 Å². The van der Waals surface area contributed by atoms with E-state index >= 15 is 0 Å². The van der Waals surface area contributed by atoms with Gasteiger partial charge in [-0.05, 0) is 6.07 Å². The van der Waals surface area contributed by atoms with Gasteiger partial charge in [0.25, 0.3) is 6.36 Å². The molecule has 1 aromatic rings. The van der Waals surface area contributed by atoms with Crippen LogP contribution >= 0.6 is 0 Å². The van der Waals surface area contributed by atoms with E-state index in [1.807, 2.05) is 0 Å². The zero-order chi connectivity index (χ0) is 13.4. The molecule has 0 aliphatic carbocycles. The highest BCUT2D eigenvalue weighted by Crippen LogP contribution is 2.33. The van der Waals surface area contributed by atoms with Crippen LogP contribution in [0.15, 0.2) is 6.07 Å². The predicted octanol–water partition coefficient (Wildman–Crippen LogP) is 2.94. The topological polar surface area (TPSA) is 27.1 Å². The maximum absolute atomic E-state index is 12.8. The van der Waals surface area contributed by atoms with Crippen LogP contribution in [0.5, 0.6) is 0 Å². The van der Waals surface area contributed by atoms with Crippen LogP contribution in [-0.4, -0.2) is 16.1 Å². The fourth-order valence-electron chi connectivity index (χ4n) is 1.04. The average molecular weight is 266 g/mol. The summed E-state index contributed by atoms with van der Waals surface area (Å²) in [6.07, 6.45) is -13.2. The molecule has 1 atom stereocenters. The number of aromatic nitrogens is 2. The Balaban J connectivity index is 2.94. The van der Waals surface area contributed by atoms with Gasteiger partial charge in [-0.2, -0.15) is 18.3 Å². The maximum atomic E-state index is 12.8. The van der Waals surface area contributed by atoms with Crippen molar-refractivity contribution >= 4 is 0 Å². The standard InChI is InChI=1S/C7H5F7N2O/c1-16-4(6(9,10)11)2-3(15-16)5(8)17-7(12,13)14/h2,5H,1H3. The van der Waals surface area contributed by atoms with E-state index in [4.69, 9.17) is 0 Å². The lowest BCUT2D eigenvalue weighted by atomic mass is 10.3. The quantitative estimate of drug-likeness (QED) is 0.769. The van der Waals surface area contributed by atoms with E-state index in [0.29, 0.717) is 0 Å². The van der Waals surface area contributed by atoms with Crippen molar-refractivity contribution in [1.29, 1.82) is 0 Å². The van der Waals surface area contributed by atoms with Gasteiger partial charge in [0.15, 0.2) is 0 Å². The van der Waals surface area contributed by atoms with Gasteiger partial charge in [-0.3, -0.25) is 9.42 Å². The number of rotatable bonds is 2. The lowest BCUT2D eigenvalue weighted by Gasteiger charge is -2.09. The SMILES string of the molecule is Cn1nc(C(F)OC(F)(F)F)cc1C(F)(F)F. The first kappa shape index (κ1) is 13.7. The Kier molecular flexibility index (Phi) is 3.37. The fraction of sp³-hybridized carbons (Fsp3) is 0.571. The van der Waals surface area contributed by atoms with Crippen LogP contribution < -0.4 is 0 Å². The lowest BCUT2D eigenvalue weighted by molar-refractivity contribution is -0.363. The van der Waals surface area contributed by atoms with Crippen LogP contribution in [0.2, 0.25) is 0 Å². The lowest BCUT2D eigenvalue weighted by Crippen LogP contribution is -2.16. The van der Waals surface area contributed by atoms with Gasteiger partial charge < -0.3 is 0 Å². The molecule has 0 fully saturated rings. The van der Waals surface area contributed by atoms with Gasteiger partial charge in [-0.15, -0.1) is 13.2 Å². The molecule has 17 heavy (non-hydrogen) atoms. The summed E-state index contributed by atoms with van der Waals surface area (Å²) in [5.41, 5.74) is -2.47. The number of halogens is 7. The van der Waals surface area contributed by atoms with Crippen molar-refractivity contribution in [3.8, 4) is 0 Å². The molecule has 0 aliphatic rings. The first-order chi connectivity index (χ1) is 7.50. The molecule has 1 rings (SSSR count). The molecule has 0 bridgehead atoms. The summed E-state index contributed by atoms with van der Waals surface area (Å²) in [5, 5.41) is 2.96. The first-order valence-electron chi connectivity index (χ1n) is 4.00. The monoisotopic (exact) mass is 266 g/mol. The zero-order valence-corrected chi connectivity index (χ0v) is 8.10. The van der Waals surface area contributed by atoms with Crippen LogP contribution in [0.25, 0.3) is 0 Å². The van der Waals surface area contributed by atoms with Crippen molar-refractivity contribution in [1.82, 2.24) is 9.78 Å². The third-order valence-corrected chi connectivity index (χ3v) is 1.66. The molecule has 98 valence electrons. The minimum atomic E-state index is -5.30. The Labute approximate surface area is 89.8 Å². The van der Waals surface area contributed by atoms with E-state index in [1.165, 1.54) is 0 Å². The molecule has 3 nitrogen and oxygen atoms in total. The fourth-order valence-corrected chi connectivity index (χ4v) is 1.04. The second kappa shape index (κ2) is 4.17. The smallest absolute Gasteiger partial charge is 0.263 e. The molecule has 0 amide bonds. The van der Waals surface area contributed by atoms with Crippen LogP contribution in [0.1, 0.15) is 17.7 Å². The molecule has 10 heteroatoms. The Morgan fingerprint density at radius 1 is 1.24 bits per heavy atom. The van der Waals surface area contributed by atoms with Gasteiger partial charge in [-0.25, -0.2) is 4.39 Å². The van der Waals surface area contributed by atoms with Crippen molar-refractivity contribution < 1.29 is 35.5 Å². The first-order valence-corrected chi connectivity index (χ1v) is 4.00. The van der Waals surface area contributed by atoms with Gasteiger partial charge in [0.05, 0.1) is 0 Å². The highest BCUT2D eigenvalue weighted by atomic mass is 19.4. The predicted molar refractivity (Wildman–Crippen MR) is 39.2 cm³/mol. The number of nitrogens with zero attached hydrogens (tertiary/aromatic N) is 2. The van der Waals surface area contributed by atoms with E-state index in [9.17, 15) is 30.7 Å². The Morgan fingerprint density at radius 3 is 2.12 bits per heavy atom. The Hall–Kier alpha value is -1.32. The number of alkyl halides is 7.